The molecule has 136 valence electrons. The van der Waals surface area contributed by atoms with Crippen LogP contribution < -0.4 is 0 Å². The molecule has 0 nitrogen and oxygen atoms in total. The predicted molar refractivity (Wildman–Crippen MR) is 127 cm³/mol. The molecule has 0 saturated carbocycles. The Morgan fingerprint density at radius 2 is 1.46 bits per heavy atom. The van der Waals surface area contributed by atoms with Crippen LogP contribution >= 0.6 is 34.7 Å². The van der Waals surface area contributed by atoms with Crippen molar-refractivity contribution < 1.29 is 0 Å². The quantitative estimate of drug-likeness (QED) is 0.265. The summed E-state index contributed by atoms with van der Waals surface area (Å²) in [7, 11) is 0. The molecule has 0 spiro atoms. The first-order chi connectivity index (χ1) is 13.7. The Kier molecular flexibility index (Phi) is 4.64. The molecule has 0 aliphatic rings. The van der Waals surface area contributed by atoms with Crippen LogP contribution in [0.2, 0.25) is 5.02 Å². The summed E-state index contributed by atoms with van der Waals surface area (Å²) in [5, 5.41) is 3.37. The highest BCUT2D eigenvalue weighted by Crippen LogP contribution is 2.39. The monoisotopic (exact) mass is 416 g/mol. The molecule has 0 atom stereocenters. The van der Waals surface area contributed by atoms with Crippen molar-refractivity contribution in [3.8, 4) is 22.3 Å². The predicted octanol–water partition coefficient (Wildman–Crippen LogP) is 8.76. The van der Waals surface area contributed by atoms with Crippen molar-refractivity contribution in [1.29, 1.82) is 0 Å². The van der Waals surface area contributed by atoms with Gasteiger partial charge < -0.3 is 0 Å². The molecule has 4 aromatic carbocycles. The number of rotatable bonds is 3. The standard InChI is InChI=1S/C25H17ClS2/c1-27-24-14-18(7-10-20(24)16-5-3-2-4-6-16)17-8-12-23-22(13-17)21-11-9-19(26)15-25(21)28-23/h2-15H,1H3. The van der Waals surface area contributed by atoms with Gasteiger partial charge in [-0.05, 0) is 58.8 Å². The van der Waals surface area contributed by atoms with Crippen LogP contribution in [0.4, 0.5) is 0 Å². The molecule has 1 heterocycles. The van der Waals surface area contributed by atoms with Gasteiger partial charge >= 0.3 is 0 Å². The molecule has 0 unspecified atom stereocenters. The lowest BCUT2D eigenvalue weighted by Gasteiger charge is -2.11. The number of thioether (sulfide) groups is 1. The van der Waals surface area contributed by atoms with Crippen molar-refractivity contribution in [2.75, 3.05) is 6.26 Å². The Morgan fingerprint density at radius 3 is 2.29 bits per heavy atom. The summed E-state index contributed by atoms with van der Waals surface area (Å²) >= 11 is 9.77. The lowest BCUT2D eigenvalue weighted by atomic mass is 9.99. The van der Waals surface area contributed by atoms with E-state index in [-0.39, 0.29) is 0 Å². The van der Waals surface area contributed by atoms with E-state index in [1.807, 2.05) is 6.07 Å². The third-order valence-electron chi connectivity index (χ3n) is 5.05. The van der Waals surface area contributed by atoms with Gasteiger partial charge in [0.15, 0.2) is 0 Å². The van der Waals surface area contributed by atoms with Crippen LogP contribution in [0.5, 0.6) is 0 Å². The van der Waals surface area contributed by atoms with Crippen LogP contribution in [0.3, 0.4) is 0 Å². The largest absolute Gasteiger partial charge is 0.135 e. The minimum absolute atomic E-state index is 0.792. The summed E-state index contributed by atoms with van der Waals surface area (Å²) in [6.45, 7) is 0. The van der Waals surface area contributed by atoms with Crippen molar-refractivity contribution in [2.45, 2.75) is 4.90 Å². The Balaban J connectivity index is 1.64. The maximum Gasteiger partial charge on any atom is 0.0420 e. The molecule has 0 amide bonds. The molecule has 0 N–H and O–H groups in total. The molecule has 3 heteroatoms. The van der Waals surface area contributed by atoms with Gasteiger partial charge in [-0.2, -0.15) is 0 Å². The average Bonchev–Trinajstić information content (AvgIpc) is 3.10. The van der Waals surface area contributed by atoms with E-state index in [0.717, 1.165) is 5.02 Å². The maximum absolute atomic E-state index is 6.18. The Bertz CT molecular complexity index is 1300. The Labute approximate surface area is 177 Å². The van der Waals surface area contributed by atoms with E-state index in [1.54, 1.807) is 23.1 Å². The van der Waals surface area contributed by atoms with Gasteiger partial charge in [0, 0.05) is 30.1 Å². The summed E-state index contributed by atoms with van der Waals surface area (Å²) in [5.41, 5.74) is 5.04. The zero-order valence-electron chi connectivity index (χ0n) is 15.3. The fourth-order valence-corrected chi connectivity index (χ4v) is 5.67. The van der Waals surface area contributed by atoms with Crippen molar-refractivity contribution >= 4 is 54.9 Å². The lowest BCUT2D eigenvalue weighted by Crippen LogP contribution is -1.85. The fraction of sp³-hybridized carbons (Fsp3) is 0.0400. The van der Waals surface area contributed by atoms with Gasteiger partial charge in [-0.25, -0.2) is 0 Å². The van der Waals surface area contributed by atoms with Crippen molar-refractivity contribution in [3.63, 3.8) is 0 Å². The molecule has 5 rings (SSSR count). The van der Waals surface area contributed by atoms with Crippen LogP contribution in [0.1, 0.15) is 0 Å². The summed E-state index contributed by atoms with van der Waals surface area (Å²) in [6.07, 6.45) is 2.14. The van der Waals surface area contributed by atoms with Crippen molar-refractivity contribution in [1.82, 2.24) is 0 Å². The first-order valence-corrected chi connectivity index (χ1v) is 11.5. The van der Waals surface area contributed by atoms with Gasteiger partial charge in [0.2, 0.25) is 0 Å². The highest BCUT2D eigenvalue weighted by molar-refractivity contribution is 7.98. The molecule has 28 heavy (non-hydrogen) atoms. The van der Waals surface area contributed by atoms with E-state index in [4.69, 9.17) is 11.6 Å². The van der Waals surface area contributed by atoms with E-state index in [0.29, 0.717) is 0 Å². The smallest absolute Gasteiger partial charge is 0.0420 e. The first-order valence-electron chi connectivity index (χ1n) is 9.08. The molecular formula is C25H17ClS2. The first kappa shape index (κ1) is 17.8. The topological polar surface area (TPSA) is 0 Å². The molecule has 1 aromatic heterocycles. The highest BCUT2D eigenvalue weighted by atomic mass is 35.5. The van der Waals surface area contributed by atoms with Crippen LogP contribution in [-0.2, 0) is 0 Å². The zero-order valence-corrected chi connectivity index (χ0v) is 17.7. The van der Waals surface area contributed by atoms with E-state index in [9.17, 15) is 0 Å². The Morgan fingerprint density at radius 1 is 0.679 bits per heavy atom. The summed E-state index contributed by atoms with van der Waals surface area (Å²) in [5.74, 6) is 0. The SMILES string of the molecule is CSc1cc(-c2ccc3sc4cc(Cl)ccc4c3c2)ccc1-c1ccccc1. The number of thiophene rings is 1. The van der Waals surface area contributed by atoms with Gasteiger partial charge in [0.25, 0.3) is 0 Å². The van der Waals surface area contributed by atoms with Crippen LogP contribution in [0.25, 0.3) is 42.4 Å². The van der Waals surface area contributed by atoms with Crippen molar-refractivity contribution in [2.24, 2.45) is 0 Å². The molecule has 0 aliphatic heterocycles. The van der Waals surface area contributed by atoms with E-state index < -0.39 is 0 Å². The second kappa shape index (κ2) is 7.29. The van der Waals surface area contributed by atoms with Crippen LogP contribution in [0, 0.1) is 0 Å². The number of fused-ring (bicyclic) bond motifs is 3. The molecule has 0 fully saturated rings. The maximum atomic E-state index is 6.18. The van der Waals surface area contributed by atoms with Crippen LogP contribution in [0.15, 0.2) is 89.8 Å². The van der Waals surface area contributed by atoms with Gasteiger partial charge in [-0.15, -0.1) is 23.1 Å². The molecule has 0 saturated heterocycles. The number of halogens is 1. The third-order valence-corrected chi connectivity index (χ3v) is 7.20. The number of benzene rings is 4. The Hall–Kier alpha value is -2.26. The number of hydrogen-bond donors (Lipinski definition) is 0. The van der Waals surface area contributed by atoms with Crippen molar-refractivity contribution in [3.05, 3.63) is 90.0 Å². The molecular weight excluding hydrogens is 400 g/mol. The van der Waals surface area contributed by atoms with Gasteiger partial charge in [-0.3, -0.25) is 0 Å². The van der Waals surface area contributed by atoms with Crippen LogP contribution in [-0.4, -0.2) is 6.26 Å². The van der Waals surface area contributed by atoms with Gasteiger partial charge in [-0.1, -0.05) is 66.2 Å². The normalized spacial score (nSPS) is 11.4. The summed E-state index contributed by atoms with van der Waals surface area (Å²) < 4.78 is 2.54. The van der Waals surface area contributed by atoms with E-state index in [1.165, 1.54) is 47.3 Å². The zero-order chi connectivity index (χ0) is 19.1. The second-order valence-electron chi connectivity index (χ2n) is 6.73. The summed E-state index contributed by atoms with van der Waals surface area (Å²) in [6, 6.07) is 30.3. The molecule has 0 bridgehead atoms. The lowest BCUT2D eigenvalue weighted by molar-refractivity contribution is 1.44. The summed E-state index contributed by atoms with van der Waals surface area (Å²) in [4.78, 5) is 1.30. The minimum atomic E-state index is 0.792. The second-order valence-corrected chi connectivity index (χ2v) is 9.10. The van der Waals surface area contributed by atoms with E-state index in [2.05, 4.69) is 85.1 Å². The minimum Gasteiger partial charge on any atom is -0.135 e. The van der Waals surface area contributed by atoms with Gasteiger partial charge in [0.05, 0.1) is 0 Å². The molecule has 5 aromatic rings. The fourth-order valence-electron chi connectivity index (χ4n) is 3.66. The highest BCUT2D eigenvalue weighted by Gasteiger charge is 2.10. The molecule has 0 aliphatic carbocycles. The molecule has 0 radical (unpaired) electrons. The third kappa shape index (κ3) is 3.12. The van der Waals surface area contributed by atoms with Gasteiger partial charge in [0.1, 0.15) is 0 Å². The number of hydrogen-bond acceptors (Lipinski definition) is 2. The van der Waals surface area contributed by atoms with E-state index >= 15 is 0 Å². The average molecular weight is 417 g/mol.